The van der Waals surface area contributed by atoms with E-state index in [2.05, 4.69) is 37.9 Å². The minimum atomic E-state index is -0.117. The summed E-state index contributed by atoms with van der Waals surface area (Å²) in [6.07, 6.45) is 5.03. The molecule has 0 N–H and O–H groups in total. The lowest BCUT2D eigenvalue weighted by molar-refractivity contribution is 0.0984. The Morgan fingerprint density at radius 1 is 1.03 bits per heavy atom. The molecule has 6 heteroatoms. The number of hydrogen-bond acceptors (Lipinski definition) is 5. The third-order valence-electron chi connectivity index (χ3n) is 5.55. The predicted octanol–water partition coefficient (Wildman–Crippen LogP) is 6.72. The normalized spacial score (nSPS) is 11.0. The Hall–Kier alpha value is -3.25. The number of fused-ring (bicyclic) bond motifs is 1. The molecule has 4 aromatic rings. The van der Waals surface area contributed by atoms with Crippen LogP contribution in [0.3, 0.4) is 0 Å². The molecule has 0 fully saturated rings. The first-order valence-electron chi connectivity index (χ1n) is 11.4. The van der Waals surface area contributed by atoms with Crippen LogP contribution in [0.4, 0.5) is 5.13 Å². The number of carbonyl (C=O) groups is 1. The Bertz CT molecular complexity index is 1200. The lowest BCUT2D eigenvalue weighted by atomic mass is 10.1. The zero-order chi connectivity index (χ0) is 23.2. The molecule has 0 saturated heterocycles. The van der Waals surface area contributed by atoms with Crippen molar-refractivity contribution < 1.29 is 9.53 Å². The van der Waals surface area contributed by atoms with Crippen molar-refractivity contribution in [3.8, 4) is 5.75 Å². The van der Waals surface area contributed by atoms with Gasteiger partial charge in [-0.2, -0.15) is 0 Å². The number of thiazole rings is 1. The smallest absolute Gasteiger partial charge is 0.260 e. The van der Waals surface area contributed by atoms with Gasteiger partial charge >= 0.3 is 0 Å². The summed E-state index contributed by atoms with van der Waals surface area (Å²) in [6, 6.07) is 17.3. The van der Waals surface area contributed by atoms with E-state index in [1.54, 1.807) is 22.4 Å². The molecule has 5 nitrogen and oxygen atoms in total. The number of aromatic nitrogens is 2. The monoisotopic (exact) mass is 459 g/mol. The molecule has 2 aromatic carbocycles. The first-order valence-corrected chi connectivity index (χ1v) is 12.2. The number of benzene rings is 2. The SMILES string of the molecule is CCCCCOc1cccc(C(=O)N(Cc2ccccn2)c2nc3c(C)ccc(C)c3s2)c1. The fraction of sp³-hybridized carbons (Fsp3) is 0.296. The van der Waals surface area contributed by atoms with Crippen molar-refractivity contribution in [3.05, 3.63) is 83.2 Å². The molecule has 0 radical (unpaired) electrons. The standard InChI is InChI=1S/C27H29N3O2S/c1-4-5-8-16-32-23-12-9-10-21(17-23)26(31)30(18-22-11-6-7-15-28-22)27-29-24-19(2)13-14-20(3)25(24)33-27/h6-7,9-15,17H,4-5,8,16,18H2,1-3H3. The number of aryl methyl sites for hydroxylation is 2. The third-order valence-corrected chi connectivity index (χ3v) is 6.76. The van der Waals surface area contributed by atoms with E-state index in [9.17, 15) is 4.79 Å². The fourth-order valence-electron chi connectivity index (χ4n) is 3.66. The van der Waals surface area contributed by atoms with Gasteiger partial charge in [0.05, 0.1) is 29.1 Å². The average molecular weight is 460 g/mol. The molecule has 2 heterocycles. The van der Waals surface area contributed by atoms with Gasteiger partial charge in [0.1, 0.15) is 5.75 Å². The summed E-state index contributed by atoms with van der Waals surface area (Å²) in [5, 5.41) is 0.673. The maximum Gasteiger partial charge on any atom is 0.260 e. The fourth-order valence-corrected chi connectivity index (χ4v) is 4.77. The van der Waals surface area contributed by atoms with Gasteiger partial charge in [0, 0.05) is 11.8 Å². The molecule has 170 valence electrons. The number of unbranched alkanes of at least 4 members (excludes halogenated alkanes) is 2. The largest absolute Gasteiger partial charge is 0.494 e. The summed E-state index contributed by atoms with van der Waals surface area (Å²) >= 11 is 1.55. The summed E-state index contributed by atoms with van der Waals surface area (Å²) in [5.41, 5.74) is 4.59. The van der Waals surface area contributed by atoms with Crippen LogP contribution in [0.1, 0.15) is 53.4 Å². The van der Waals surface area contributed by atoms with Gasteiger partial charge in [-0.05, 0) is 61.7 Å². The quantitative estimate of drug-likeness (QED) is 0.261. The van der Waals surface area contributed by atoms with E-state index < -0.39 is 0 Å². The number of anilines is 1. The van der Waals surface area contributed by atoms with Gasteiger partial charge < -0.3 is 4.74 Å². The number of ether oxygens (including phenoxy) is 1. The van der Waals surface area contributed by atoms with E-state index in [0.717, 1.165) is 46.3 Å². The number of nitrogens with zero attached hydrogens (tertiary/aromatic N) is 3. The highest BCUT2D eigenvalue weighted by atomic mass is 32.1. The van der Waals surface area contributed by atoms with Crippen molar-refractivity contribution in [1.29, 1.82) is 0 Å². The van der Waals surface area contributed by atoms with Crippen LogP contribution in [0, 0.1) is 13.8 Å². The second-order valence-electron chi connectivity index (χ2n) is 8.17. The molecule has 33 heavy (non-hydrogen) atoms. The zero-order valence-corrected chi connectivity index (χ0v) is 20.2. The first-order chi connectivity index (χ1) is 16.1. The molecule has 0 bridgehead atoms. The van der Waals surface area contributed by atoms with Gasteiger partial charge in [-0.1, -0.05) is 55.4 Å². The molecule has 0 aliphatic rings. The average Bonchev–Trinajstić information content (AvgIpc) is 3.30. The summed E-state index contributed by atoms with van der Waals surface area (Å²) in [5.74, 6) is 0.597. The molecular formula is C27H29N3O2S. The number of rotatable bonds is 9. The van der Waals surface area contributed by atoms with Crippen LogP contribution in [0.2, 0.25) is 0 Å². The number of pyridine rings is 1. The van der Waals surface area contributed by atoms with Crippen molar-refractivity contribution in [2.24, 2.45) is 0 Å². The second-order valence-corrected chi connectivity index (χ2v) is 9.15. The Kier molecular flexibility index (Phi) is 7.35. The second kappa shape index (κ2) is 10.6. The van der Waals surface area contributed by atoms with E-state index >= 15 is 0 Å². The number of amides is 1. The lowest BCUT2D eigenvalue weighted by Crippen LogP contribution is -2.30. The minimum Gasteiger partial charge on any atom is -0.494 e. The molecule has 0 unspecified atom stereocenters. The van der Waals surface area contributed by atoms with E-state index in [-0.39, 0.29) is 5.91 Å². The van der Waals surface area contributed by atoms with Crippen molar-refractivity contribution in [2.75, 3.05) is 11.5 Å². The van der Waals surface area contributed by atoms with Crippen LogP contribution < -0.4 is 9.64 Å². The van der Waals surface area contributed by atoms with Gasteiger partial charge in [-0.3, -0.25) is 14.7 Å². The van der Waals surface area contributed by atoms with Crippen LogP contribution in [0.15, 0.2) is 60.8 Å². The molecule has 0 spiro atoms. The van der Waals surface area contributed by atoms with Crippen molar-refractivity contribution in [1.82, 2.24) is 9.97 Å². The highest BCUT2D eigenvalue weighted by molar-refractivity contribution is 7.22. The van der Waals surface area contributed by atoms with E-state index in [4.69, 9.17) is 9.72 Å². The van der Waals surface area contributed by atoms with E-state index in [1.807, 2.05) is 42.5 Å². The van der Waals surface area contributed by atoms with E-state index in [0.29, 0.717) is 29.6 Å². The molecule has 4 rings (SSSR count). The Balaban J connectivity index is 1.68. The topological polar surface area (TPSA) is 55.3 Å². The summed E-state index contributed by atoms with van der Waals surface area (Å²) in [4.78, 5) is 24.8. The Labute approximate surface area is 199 Å². The molecule has 2 aromatic heterocycles. The highest BCUT2D eigenvalue weighted by Gasteiger charge is 2.23. The first kappa shape index (κ1) is 22.9. The predicted molar refractivity (Wildman–Crippen MR) is 135 cm³/mol. The van der Waals surface area contributed by atoms with Crippen LogP contribution in [-0.4, -0.2) is 22.5 Å². The van der Waals surface area contributed by atoms with E-state index in [1.165, 1.54) is 0 Å². The molecule has 0 saturated carbocycles. The van der Waals surface area contributed by atoms with Gasteiger partial charge in [0.15, 0.2) is 5.13 Å². The third kappa shape index (κ3) is 5.40. The number of hydrogen-bond donors (Lipinski definition) is 0. The summed E-state index contributed by atoms with van der Waals surface area (Å²) in [7, 11) is 0. The van der Waals surface area contributed by atoms with Crippen LogP contribution >= 0.6 is 11.3 Å². The molecule has 1 amide bonds. The van der Waals surface area contributed by atoms with Crippen LogP contribution in [0.5, 0.6) is 5.75 Å². The molecular weight excluding hydrogens is 430 g/mol. The molecule has 0 atom stereocenters. The van der Waals surface area contributed by atoms with Gasteiger partial charge in [0.25, 0.3) is 5.91 Å². The van der Waals surface area contributed by atoms with Crippen molar-refractivity contribution in [3.63, 3.8) is 0 Å². The highest BCUT2D eigenvalue weighted by Crippen LogP contribution is 2.34. The lowest BCUT2D eigenvalue weighted by Gasteiger charge is -2.20. The van der Waals surface area contributed by atoms with Crippen LogP contribution in [0.25, 0.3) is 10.2 Å². The van der Waals surface area contributed by atoms with Gasteiger partial charge in [-0.15, -0.1) is 0 Å². The van der Waals surface area contributed by atoms with Gasteiger partial charge in [0.2, 0.25) is 0 Å². The summed E-state index contributed by atoms with van der Waals surface area (Å²) < 4.78 is 6.99. The maximum absolute atomic E-state index is 13.7. The molecule has 0 aliphatic carbocycles. The maximum atomic E-state index is 13.7. The van der Waals surface area contributed by atoms with Crippen molar-refractivity contribution >= 4 is 32.6 Å². The summed E-state index contributed by atoms with van der Waals surface area (Å²) in [6.45, 7) is 7.29. The number of carbonyl (C=O) groups excluding carboxylic acids is 1. The Morgan fingerprint density at radius 3 is 2.64 bits per heavy atom. The van der Waals surface area contributed by atoms with Gasteiger partial charge in [-0.25, -0.2) is 4.98 Å². The van der Waals surface area contributed by atoms with Crippen molar-refractivity contribution in [2.45, 2.75) is 46.6 Å². The van der Waals surface area contributed by atoms with Crippen LogP contribution in [-0.2, 0) is 6.54 Å². The Morgan fingerprint density at radius 2 is 1.88 bits per heavy atom. The minimum absolute atomic E-state index is 0.117. The molecule has 0 aliphatic heterocycles. The zero-order valence-electron chi connectivity index (χ0n) is 19.4.